The molecule has 5 heterocycles. The summed E-state index contributed by atoms with van der Waals surface area (Å²) in [6.07, 6.45) is 2.65. The molecule has 0 amide bonds. The number of nitrogens with zero attached hydrogens (tertiary/aromatic N) is 6. The fourth-order valence-corrected chi connectivity index (χ4v) is 9.34. The van der Waals surface area contributed by atoms with Crippen molar-refractivity contribution in [2.75, 3.05) is 67.5 Å². The Morgan fingerprint density at radius 2 is 1.62 bits per heavy atom. The van der Waals surface area contributed by atoms with Crippen molar-refractivity contribution in [1.29, 1.82) is 0 Å². The third kappa shape index (κ3) is 5.29. The van der Waals surface area contributed by atoms with Gasteiger partial charge in [0.25, 0.3) is 11.1 Å². The Balaban J connectivity index is 1.34. The van der Waals surface area contributed by atoms with Crippen molar-refractivity contribution >= 4 is 44.8 Å². The largest absolute Gasteiger partial charge is 0.492 e. The summed E-state index contributed by atoms with van der Waals surface area (Å²) >= 11 is 0. The van der Waals surface area contributed by atoms with Crippen molar-refractivity contribution < 1.29 is 28.8 Å². The van der Waals surface area contributed by atoms with E-state index in [4.69, 9.17) is 10.6 Å². The summed E-state index contributed by atoms with van der Waals surface area (Å²) in [5.74, 6) is 2.81. The molecule has 56 heavy (non-hydrogen) atoms. The SMILES string of the molecule is COc1c(N2CC(CO)C(C)(C)C2)c(F)c(Nc2c(F)c(N3CC(C(O)CO)C4(CC4)C3)nc3c2c(=O)[nH]c(=O)n3C2CC2)c2c(=O)n(N)c(=O)n(C3CC3)c12. The number of pyridine rings is 1. The van der Waals surface area contributed by atoms with Gasteiger partial charge in [0.15, 0.2) is 28.8 Å². The number of aliphatic hydroxyl groups excluding tert-OH is 3. The van der Waals surface area contributed by atoms with E-state index in [1.54, 1.807) is 9.80 Å². The number of fused-ring (bicyclic) bond motifs is 2. The van der Waals surface area contributed by atoms with Gasteiger partial charge in [0, 0.05) is 56.7 Å². The average Bonchev–Trinajstić information content (AvgIpc) is 4.06. The molecular formula is C37H45F2N9O8. The van der Waals surface area contributed by atoms with Crippen molar-refractivity contribution in [2.45, 2.75) is 70.6 Å². The van der Waals surface area contributed by atoms with Crippen molar-refractivity contribution in [3.8, 4) is 5.75 Å². The number of nitrogen functional groups attached to an aromatic ring is 1. The van der Waals surface area contributed by atoms with E-state index in [2.05, 4.69) is 15.3 Å². The summed E-state index contributed by atoms with van der Waals surface area (Å²) in [5, 5.41) is 32.8. The minimum atomic E-state index is -1.11. The zero-order valence-corrected chi connectivity index (χ0v) is 31.3. The zero-order chi connectivity index (χ0) is 39.7. The predicted molar refractivity (Wildman–Crippen MR) is 203 cm³/mol. The molecule has 3 aromatic heterocycles. The van der Waals surface area contributed by atoms with Gasteiger partial charge in [-0.15, -0.1) is 0 Å². The molecule has 3 unspecified atom stereocenters. The first-order valence-electron chi connectivity index (χ1n) is 19.1. The Bertz CT molecular complexity index is 2570. The molecule has 7 N–H and O–H groups in total. The third-order valence-corrected chi connectivity index (χ3v) is 12.9. The van der Waals surface area contributed by atoms with Gasteiger partial charge in [0.1, 0.15) is 16.6 Å². The highest BCUT2D eigenvalue weighted by molar-refractivity contribution is 6.04. The van der Waals surface area contributed by atoms with Crippen LogP contribution in [-0.2, 0) is 0 Å². The van der Waals surface area contributed by atoms with Crippen LogP contribution < -0.4 is 48.2 Å². The van der Waals surface area contributed by atoms with Crippen LogP contribution in [0.1, 0.15) is 64.5 Å². The molecule has 17 nitrogen and oxygen atoms in total. The van der Waals surface area contributed by atoms with E-state index < -0.39 is 91.8 Å². The summed E-state index contributed by atoms with van der Waals surface area (Å²) in [5.41, 5.74) is -6.20. The highest BCUT2D eigenvalue weighted by Gasteiger charge is 2.57. The number of aliphatic hydroxyl groups is 3. The van der Waals surface area contributed by atoms with Crippen LogP contribution in [0.4, 0.5) is 31.7 Å². The van der Waals surface area contributed by atoms with E-state index >= 15 is 8.78 Å². The van der Waals surface area contributed by atoms with Crippen molar-refractivity contribution in [3.63, 3.8) is 0 Å². The normalized spacial score (nSPS) is 23.1. The van der Waals surface area contributed by atoms with Gasteiger partial charge in [0.2, 0.25) is 0 Å². The number of nitrogens with two attached hydrogens (primary N) is 1. The number of aromatic amines is 1. The van der Waals surface area contributed by atoms with Gasteiger partial charge in [-0.05, 0) is 49.4 Å². The monoisotopic (exact) mass is 781 g/mol. The molecular weight excluding hydrogens is 736 g/mol. The van der Waals surface area contributed by atoms with E-state index in [0.29, 0.717) is 30.4 Å². The van der Waals surface area contributed by atoms with E-state index in [0.717, 1.165) is 12.8 Å². The second-order valence-corrected chi connectivity index (χ2v) is 17.0. The van der Waals surface area contributed by atoms with Crippen LogP contribution in [0.5, 0.6) is 5.75 Å². The first-order chi connectivity index (χ1) is 26.7. The molecule has 4 aromatic rings. The van der Waals surface area contributed by atoms with Gasteiger partial charge >= 0.3 is 11.4 Å². The van der Waals surface area contributed by atoms with Crippen LogP contribution in [0.2, 0.25) is 0 Å². The fourth-order valence-electron chi connectivity index (χ4n) is 9.34. The molecule has 0 radical (unpaired) electrons. The molecule has 5 fully saturated rings. The molecule has 0 bridgehead atoms. The number of H-pyrrole nitrogens is 1. The number of aromatic nitrogens is 5. The lowest BCUT2D eigenvalue weighted by atomic mass is 9.83. The molecule has 2 aliphatic heterocycles. The molecule has 3 atom stereocenters. The Kier molecular flexibility index (Phi) is 8.17. The van der Waals surface area contributed by atoms with Gasteiger partial charge < -0.3 is 41.0 Å². The Morgan fingerprint density at radius 1 is 0.964 bits per heavy atom. The van der Waals surface area contributed by atoms with Gasteiger partial charge in [-0.2, -0.15) is 4.68 Å². The second-order valence-electron chi connectivity index (χ2n) is 17.0. The van der Waals surface area contributed by atoms with E-state index in [1.165, 1.54) is 16.2 Å². The van der Waals surface area contributed by atoms with Crippen LogP contribution in [0.15, 0.2) is 19.2 Å². The van der Waals surface area contributed by atoms with E-state index in [1.807, 2.05) is 13.8 Å². The Labute approximate surface area is 316 Å². The van der Waals surface area contributed by atoms with Crippen LogP contribution in [0.25, 0.3) is 21.9 Å². The van der Waals surface area contributed by atoms with E-state index in [9.17, 15) is 34.5 Å². The molecule has 3 saturated carbocycles. The molecule has 3 aliphatic carbocycles. The van der Waals surface area contributed by atoms with E-state index in [-0.39, 0.29) is 73.2 Å². The van der Waals surface area contributed by atoms with Crippen molar-refractivity contribution in [1.82, 2.24) is 23.8 Å². The number of rotatable bonds is 10. The Morgan fingerprint density at radius 3 is 2.21 bits per heavy atom. The standard InChI is InChI=1S/C37H45F2N9O8/c1-36(2)14-44(10-16(36)12-49)28-23(38)25(21-27(29(28)56-3)46(17-4-5-17)35(55)48(40)33(21)53)41-26-22-30(47(18-6-7-18)34(54)43-32(22)52)42-31(24(26)39)45-11-19(20(51)13-50)37(15-45)8-9-37/h16-20,49-51H,4-15,40H2,1-3H3,(H,41,42)(H,43,52,54). The predicted octanol–water partition coefficient (Wildman–Crippen LogP) is 1.000. The molecule has 1 aromatic carbocycles. The van der Waals surface area contributed by atoms with Gasteiger partial charge in [-0.25, -0.2) is 23.4 Å². The number of ether oxygens (including phenoxy) is 1. The maximum absolute atomic E-state index is 17.8. The molecule has 1 spiro atoms. The lowest BCUT2D eigenvalue weighted by Crippen LogP contribution is -2.45. The second kappa shape index (κ2) is 12.5. The lowest BCUT2D eigenvalue weighted by Gasteiger charge is -2.28. The molecule has 2 saturated heterocycles. The molecule has 19 heteroatoms. The minimum Gasteiger partial charge on any atom is -0.492 e. The van der Waals surface area contributed by atoms with Gasteiger partial charge in [-0.3, -0.25) is 23.7 Å². The Hall–Kier alpha value is -5.01. The number of methoxy groups -OCH3 is 1. The molecule has 300 valence electrons. The summed E-state index contributed by atoms with van der Waals surface area (Å²) in [6.45, 7) is 3.91. The third-order valence-electron chi connectivity index (χ3n) is 12.9. The van der Waals surface area contributed by atoms with Crippen molar-refractivity contribution in [2.24, 2.45) is 22.7 Å². The van der Waals surface area contributed by atoms with Crippen LogP contribution in [-0.4, -0.2) is 91.7 Å². The fraction of sp³-hybridized carbons (Fsp3) is 0.595. The smallest absolute Gasteiger partial charge is 0.350 e. The first-order valence-corrected chi connectivity index (χ1v) is 19.1. The number of benzene rings is 1. The lowest BCUT2D eigenvalue weighted by molar-refractivity contribution is 0.0335. The number of hydrogen-bond donors (Lipinski definition) is 6. The molecule has 5 aliphatic rings. The molecule has 9 rings (SSSR count). The highest BCUT2D eigenvalue weighted by Crippen LogP contribution is 2.58. The topological polar surface area (TPSA) is 226 Å². The van der Waals surface area contributed by atoms with Gasteiger partial charge in [-0.1, -0.05) is 13.8 Å². The minimum absolute atomic E-state index is 0.0744. The maximum Gasteiger partial charge on any atom is 0.350 e. The summed E-state index contributed by atoms with van der Waals surface area (Å²) < 4.78 is 44.1. The van der Waals surface area contributed by atoms with Crippen LogP contribution in [0, 0.1) is 34.3 Å². The highest BCUT2D eigenvalue weighted by atomic mass is 19.1. The summed E-state index contributed by atoms with van der Waals surface area (Å²) in [7, 11) is 1.29. The van der Waals surface area contributed by atoms with Gasteiger partial charge in [0.05, 0.1) is 36.6 Å². The zero-order valence-electron chi connectivity index (χ0n) is 31.3. The summed E-state index contributed by atoms with van der Waals surface area (Å²) in [4.78, 5) is 65.1. The maximum atomic E-state index is 17.8. The van der Waals surface area contributed by atoms with Crippen molar-refractivity contribution in [3.05, 3.63) is 53.3 Å². The van der Waals surface area contributed by atoms with Crippen LogP contribution in [0.3, 0.4) is 0 Å². The number of anilines is 4. The number of halogens is 2. The number of nitrogens with one attached hydrogen (secondary N) is 2. The van der Waals surface area contributed by atoms with Crippen LogP contribution >= 0.6 is 0 Å². The summed E-state index contributed by atoms with van der Waals surface area (Å²) in [6, 6.07) is -0.757. The number of hydrogen-bond acceptors (Lipinski definition) is 13. The average molecular weight is 782 g/mol. The first kappa shape index (κ1) is 36.6. The quantitative estimate of drug-likeness (QED) is 0.124.